The van der Waals surface area contributed by atoms with Crippen LogP contribution in [0.5, 0.6) is 0 Å². The summed E-state index contributed by atoms with van der Waals surface area (Å²) in [5, 5.41) is 4.28. The van der Waals surface area contributed by atoms with Gasteiger partial charge in [0.15, 0.2) is 5.11 Å². The predicted molar refractivity (Wildman–Crippen MR) is 148 cm³/mol. The number of esters is 1. The van der Waals surface area contributed by atoms with Crippen LogP contribution in [-0.4, -0.2) is 61.5 Å². The summed E-state index contributed by atoms with van der Waals surface area (Å²) in [6, 6.07) is 16.8. The minimum absolute atomic E-state index is 0.274. The lowest BCUT2D eigenvalue weighted by Gasteiger charge is -2.35. The monoisotopic (exact) mass is 543 g/mol. The minimum Gasteiger partial charge on any atom is -0.462 e. The van der Waals surface area contributed by atoms with E-state index in [1.165, 1.54) is 15.6 Å². The lowest BCUT2D eigenvalue weighted by atomic mass is 10.1. The van der Waals surface area contributed by atoms with Crippen molar-refractivity contribution in [2.75, 3.05) is 38.1 Å². The summed E-state index contributed by atoms with van der Waals surface area (Å²) in [6.45, 7) is 7.45. The molecule has 0 aliphatic carbocycles. The van der Waals surface area contributed by atoms with Crippen molar-refractivity contribution in [2.24, 2.45) is 0 Å². The molecule has 2 aromatic carbocycles. The standard InChI is InChI=1S/C26H29N3O4S3/c1-4-33-25(30)22-17-23(20-8-6-5-7-9-20)35-24(22)27-26(34)28-12-14-29(15-13-28)36(31,32)21-11-10-18(2)19(3)16-21/h5-11,16-17H,4,12-15H2,1-3H3,(H,27,34). The maximum atomic E-state index is 13.1. The van der Waals surface area contributed by atoms with Gasteiger partial charge in [0.1, 0.15) is 5.00 Å². The first-order valence-corrected chi connectivity index (χ1v) is 14.4. The zero-order valence-corrected chi connectivity index (χ0v) is 22.9. The van der Waals surface area contributed by atoms with Crippen molar-refractivity contribution >= 4 is 49.7 Å². The van der Waals surface area contributed by atoms with E-state index in [0.717, 1.165) is 21.6 Å². The van der Waals surface area contributed by atoms with Gasteiger partial charge in [0.05, 0.1) is 17.1 Å². The average Bonchev–Trinajstić information content (AvgIpc) is 3.30. The van der Waals surface area contributed by atoms with Crippen molar-refractivity contribution in [1.29, 1.82) is 0 Å². The van der Waals surface area contributed by atoms with Crippen molar-refractivity contribution in [1.82, 2.24) is 9.21 Å². The van der Waals surface area contributed by atoms with E-state index in [-0.39, 0.29) is 6.61 Å². The van der Waals surface area contributed by atoms with Gasteiger partial charge < -0.3 is 15.0 Å². The molecule has 0 saturated carbocycles. The number of hydrogen-bond donors (Lipinski definition) is 1. The highest BCUT2D eigenvalue weighted by Crippen LogP contribution is 2.36. The summed E-state index contributed by atoms with van der Waals surface area (Å²) in [6.07, 6.45) is 0. The fourth-order valence-electron chi connectivity index (χ4n) is 3.92. The first-order chi connectivity index (χ1) is 17.2. The van der Waals surface area contributed by atoms with E-state index in [1.807, 2.05) is 61.2 Å². The molecule has 3 aromatic rings. The normalized spacial score (nSPS) is 14.5. The molecule has 1 N–H and O–H groups in total. The molecular formula is C26H29N3O4S3. The minimum atomic E-state index is -3.58. The lowest BCUT2D eigenvalue weighted by molar-refractivity contribution is 0.0528. The smallest absolute Gasteiger partial charge is 0.341 e. The van der Waals surface area contributed by atoms with E-state index in [4.69, 9.17) is 17.0 Å². The van der Waals surface area contributed by atoms with Gasteiger partial charge in [-0.1, -0.05) is 36.4 Å². The van der Waals surface area contributed by atoms with E-state index < -0.39 is 16.0 Å². The summed E-state index contributed by atoms with van der Waals surface area (Å²) < 4.78 is 33.0. The Morgan fingerprint density at radius 3 is 2.36 bits per heavy atom. The number of benzene rings is 2. The first-order valence-electron chi connectivity index (χ1n) is 11.7. The Morgan fingerprint density at radius 1 is 1.03 bits per heavy atom. The van der Waals surface area contributed by atoms with Gasteiger partial charge in [0, 0.05) is 31.1 Å². The zero-order valence-electron chi connectivity index (χ0n) is 20.5. The van der Waals surface area contributed by atoms with Gasteiger partial charge in [0.25, 0.3) is 0 Å². The first kappa shape index (κ1) is 26.3. The van der Waals surface area contributed by atoms with Gasteiger partial charge in [-0.25, -0.2) is 13.2 Å². The third kappa shape index (κ3) is 5.62. The number of thiophene rings is 1. The molecule has 0 atom stereocenters. The number of aryl methyl sites for hydroxylation is 2. The molecule has 0 spiro atoms. The van der Waals surface area contributed by atoms with Crippen LogP contribution in [0.25, 0.3) is 10.4 Å². The summed E-state index contributed by atoms with van der Waals surface area (Å²) in [5.41, 5.74) is 3.43. The van der Waals surface area contributed by atoms with E-state index in [9.17, 15) is 13.2 Å². The number of rotatable bonds is 6. The number of ether oxygens (including phenoxy) is 1. The molecule has 190 valence electrons. The second-order valence-electron chi connectivity index (χ2n) is 8.51. The van der Waals surface area contributed by atoms with E-state index in [1.54, 1.807) is 19.1 Å². The van der Waals surface area contributed by atoms with Crippen LogP contribution in [0.3, 0.4) is 0 Å². The van der Waals surface area contributed by atoms with Crippen LogP contribution in [0.1, 0.15) is 28.4 Å². The van der Waals surface area contributed by atoms with E-state index in [2.05, 4.69) is 5.32 Å². The van der Waals surface area contributed by atoms with Crippen LogP contribution in [0.4, 0.5) is 5.00 Å². The number of carbonyl (C=O) groups is 1. The molecule has 1 fully saturated rings. The Bertz CT molecular complexity index is 1360. The number of piperazine rings is 1. The molecule has 4 rings (SSSR count). The van der Waals surface area contributed by atoms with Crippen LogP contribution in [-0.2, 0) is 14.8 Å². The van der Waals surface area contributed by atoms with Crippen molar-refractivity contribution in [3.05, 3.63) is 71.3 Å². The Morgan fingerprint density at radius 2 is 1.72 bits per heavy atom. The van der Waals surface area contributed by atoms with Crippen LogP contribution in [0.2, 0.25) is 0 Å². The number of hydrogen-bond acceptors (Lipinski definition) is 6. The molecule has 2 heterocycles. The quantitative estimate of drug-likeness (QED) is 0.350. The highest BCUT2D eigenvalue weighted by molar-refractivity contribution is 7.89. The van der Waals surface area contributed by atoms with E-state index >= 15 is 0 Å². The lowest BCUT2D eigenvalue weighted by Crippen LogP contribution is -2.51. The molecule has 0 bridgehead atoms. The maximum Gasteiger partial charge on any atom is 0.341 e. The summed E-state index contributed by atoms with van der Waals surface area (Å²) in [4.78, 5) is 15.8. The van der Waals surface area contributed by atoms with Crippen molar-refractivity contribution in [3.63, 3.8) is 0 Å². The van der Waals surface area contributed by atoms with Gasteiger partial charge in [-0.05, 0) is 67.9 Å². The fraction of sp³-hybridized carbons (Fsp3) is 0.308. The van der Waals surface area contributed by atoms with Gasteiger partial charge >= 0.3 is 5.97 Å². The van der Waals surface area contributed by atoms with Crippen molar-refractivity contribution in [2.45, 2.75) is 25.7 Å². The van der Waals surface area contributed by atoms with Gasteiger partial charge in [-0.2, -0.15) is 4.31 Å². The molecule has 36 heavy (non-hydrogen) atoms. The number of anilines is 1. The molecular weight excluding hydrogens is 515 g/mol. The molecule has 1 aromatic heterocycles. The van der Waals surface area contributed by atoms with Crippen LogP contribution < -0.4 is 5.32 Å². The Kier molecular flexibility index (Phi) is 8.09. The Hall–Kier alpha value is -2.79. The van der Waals surface area contributed by atoms with Crippen LogP contribution in [0.15, 0.2) is 59.5 Å². The second-order valence-corrected chi connectivity index (χ2v) is 11.9. The van der Waals surface area contributed by atoms with Crippen molar-refractivity contribution in [3.8, 4) is 10.4 Å². The highest BCUT2D eigenvalue weighted by atomic mass is 32.2. The Labute approximate surface area is 221 Å². The second kappa shape index (κ2) is 11.1. The van der Waals surface area contributed by atoms with Gasteiger partial charge in [-0.3, -0.25) is 0 Å². The van der Waals surface area contributed by atoms with Gasteiger partial charge in [0.2, 0.25) is 10.0 Å². The zero-order chi connectivity index (χ0) is 25.9. The Balaban J connectivity index is 1.46. The molecule has 1 aliphatic rings. The van der Waals surface area contributed by atoms with Crippen LogP contribution >= 0.6 is 23.6 Å². The summed E-state index contributed by atoms with van der Waals surface area (Å²) in [5.74, 6) is -0.412. The maximum absolute atomic E-state index is 13.1. The topological polar surface area (TPSA) is 79.0 Å². The predicted octanol–water partition coefficient (Wildman–Crippen LogP) is 4.91. The molecule has 1 saturated heterocycles. The molecule has 7 nitrogen and oxygen atoms in total. The van der Waals surface area contributed by atoms with Crippen molar-refractivity contribution < 1.29 is 17.9 Å². The number of thiocarbonyl (C=S) groups is 1. The fourth-order valence-corrected chi connectivity index (χ4v) is 6.83. The molecule has 0 amide bonds. The molecule has 1 aliphatic heterocycles. The largest absolute Gasteiger partial charge is 0.462 e. The van der Waals surface area contributed by atoms with Gasteiger partial charge in [-0.15, -0.1) is 11.3 Å². The third-order valence-corrected chi connectivity index (χ3v) is 9.50. The SMILES string of the molecule is CCOC(=O)c1cc(-c2ccccc2)sc1NC(=S)N1CCN(S(=O)(=O)c2ccc(C)c(C)c2)CC1. The molecule has 0 radical (unpaired) electrons. The number of carbonyl (C=O) groups excluding carboxylic acids is 1. The highest BCUT2D eigenvalue weighted by Gasteiger charge is 2.30. The average molecular weight is 544 g/mol. The molecule has 0 unspecified atom stereocenters. The number of nitrogens with one attached hydrogen (secondary N) is 1. The summed E-state index contributed by atoms with van der Waals surface area (Å²) >= 11 is 7.08. The van der Waals surface area contributed by atoms with Crippen LogP contribution in [0, 0.1) is 13.8 Å². The molecule has 10 heteroatoms. The number of sulfonamides is 1. The summed E-state index contributed by atoms with van der Waals surface area (Å²) in [7, 11) is -3.58. The van der Waals surface area contributed by atoms with E-state index in [0.29, 0.717) is 46.8 Å². The third-order valence-electron chi connectivity index (χ3n) is 6.15. The number of nitrogens with zero attached hydrogens (tertiary/aromatic N) is 2.